The molecular formula is C18H22N2O4S. The molecule has 0 heterocycles. The minimum absolute atomic E-state index is 0.108. The Balaban J connectivity index is 2.54. The molecule has 0 aliphatic rings. The Hall–Kier alpha value is -2.51. The zero-order valence-electron chi connectivity index (χ0n) is 14.2. The zero-order valence-corrected chi connectivity index (χ0v) is 15.0. The highest BCUT2D eigenvalue weighted by molar-refractivity contribution is 7.81. The molecule has 0 unspecified atom stereocenters. The number of rotatable bonds is 6. The van der Waals surface area contributed by atoms with Crippen molar-refractivity contribution in [1.82, 2.24) is 0 Å². The second kappa shape index (κ2) is 7.58. The number of anilines is 2. The molecule has 0 aliphatic carbocycles. The number of nitrogens with two attached hydrogens (primary N) is 2. The van der Waals surface area contributed by atoms with Gasteiger partial charge in [0.1, 0.15) is 0 Å². The number of benzene rings is 2. The average Bonchev–Trinajstić information content (AvgIpc) is 2.53. The fourth-order valence-electron chi connectivity index (χ4n) is 2.84. The van der Waals surface area contributed by atoms with E-state index in [1.807, 2.05) is 31.2 Å². The van der Waals surface area contributed by atoms with Crippen molar-refractivity contribution in [2.24, 2.45) is 0 Å². The van der Waals surface area contributed by atoms with Gasteiger partial charge < -0.3 is 15.7 Å². The molecule has 0 bridgehead atoms. The smallest absolute Gasteiger partial charge is 0.399 e. The van der Waals surface area contributed by atoms with Crippen molar-refractivity contribution in [3.05, 3.63) is 53.6 Å². The van der Waals surface area contributed by atoms with Gasteiger partial charge in [0.05, 0.1) is 5.69 Å². The van der Waals surface area contributed by atoms with Crippen molar-refractivity contribution in [3.8, 4) is 5.75 Å². The summed E-state index contributed by atoms with van der Waals surface area (Å²) in [6, 6.07) is 12.5. The first-order valence-corrected chi connectivity index (χ1v) is 9.26. The summed E-state index contributed by atoms with van der Waals surface area (Å²) in [5, 5.41) is 0. The van der Waals surface area contributed by atoms with Crippen LogP contribution in [0.15, 0.2) is 42.5 Å². The van der Waals surface area contributed by atoms with Crippen molar-refractivity contribution in [2.45, 2.75) is 26.7 Å². The molecule has 2 rings (SSSR count). The van der Waals surface area contributed by atoms with Crippen molar-refractivity contribution in [2.75, 3.05) is 11.5 Å². The summed E-state index contributed by atoms with van der Waals surface area (Å²) >= 11 is 0. The van der Waals surface area contributed by atoms with Gasteiger partial charge in [-0.1, -0.05) is 32.0 Å². The molecule has 0 saturated heterocycles. The Kier molecular flexibility index (Phi) is 5.71. The SMILES string of the molecule is CC/C(=C(/CC)c1ccc(OS(=O)(=O)O)c(N)c1)c1cccc(N)c1. The summed E-state index contributed by atoms with van der Waals surface area (Å²) in [5.74, 6) is -0.108. The molecule has 0 fully saturated rings. The topological polar surface area (TPSA) is 116 Å². The Bertz CT molecular complexity index is 905. The molecule has 0 atom stereocenters. The standard InChI is InChI=1S/C18H22N2O4S/c1-3-15(12-6-5-7-14(19)10-12)16(4-2)13-8-9-18(17(20)11-13)24-25(21,22)23/h5-11H,3-4,19-20H2,1-2H3,(H,21,22,23)/b16-15+. The molecule has 2 aromatic rings. The van der Waals surface area contributed by atoms with Gasteiger partial charge in [-0.2, -0.15) is 8.42 Å². The minimum Gasteiger partial charge on any atom is -0.399 e. The Morgan fingerprint density at radius 1 is 1.00 bits per heavy atom. The van der Waals surface area contributed by atoms with Crippen LogP contribution in [0.1, 0.15) is 37.8 Å². The molecule has 0 amide bonds. The van der Waals surface area contributed by atoms with Gasteiger partial charge in [0, 0.05) is 5.69 Å². The third-order valence-corrected chi connectivity index (χ3v) is 4.25. The van der Waals surface area contributed by atoms with Crippen LogP contribution in [0.3, 0.4) is 0 Å². The van der Waals surface area contributed by atoms with Crippen molar-refractivity contribution < 1.29 is 17.2 Å². The van der Waals surface area contributed by atoms with Crippen LogP contribution < -0.4 is 15.7 Å². The van der Waals surface area contributed by atoms with Gasteiger partial charge in [0.25, 0.3) is 0 Å². The summed E-state index contributed by atoms with van der Waals surface area (Å²) in [6.07, 6.45) is 1.56. The fraction of sp³-hybridized carbons (Fsp3) is 0.222. The van der Waals surface area contributed by atoms with Gasteiger partial charge >= 0.3 is 10.4 Å². The van der Waals surface area contributed by atoms with Crippen molar-refractivity contribution in [1.29, 1.82) is 0 Å². The maximum Gasteiger partial charge on any atom is 0.446 e. The van der Waals surface area contributed by atoms with E-state index < -0.39 is 10.4 Å². The summed E-state index contributed by atoms with van der Waals surface area (Å²) in [6.45, 7) is 4.10. The van der Waals surface area contributed by atoms with Crippen LogP contribution >= 0.6 is 0 Å². The van der Waals surface area contributed by atoms with E-state index in [2.05, 4.69) is 11.1 Å². The fourth-order valence-corrected chi connectivity index (χ4v) is 3.21. The lowest BCUT2D eigenvalue weighted by Crippen LogP contribution is -2.08. The maximum atomic E-state index is 10.9. The highest BCUT2D eigenvalue weighted by Gasteiger charge is 2.14. The molecule has 0 radical (unpaired) electrons. The van der Waals surface area contributed by atoms with E-state index in [4.69, 9.17) is 16.0 Å². The third kappa shape index (κ3) is 4.74. The van der Waals surface area contributed by atoms with Crippen LogP contribution in [0.4, 0.5) is 11.4 Å². The van der Waals surface area contributed by atoms with E-state index in [1.54, 1.807) is 12.1 Å². The Morgan fingerprint density at radius 3 is 2.08 bits per heavy atom. The summed E-state index contributed by atoms with van der Waals surface area (Å²) < 4.78 is 35.0. The quantitative estimate of drug-likeness (QED) is 0.409. The Labute approximate surface area is 148 Å². The second-order valence-corrected chi connectivity index (χ2v) is 6.58. The van der Waals surface area contributed by atoms with E-state index in [1.165, 1.54) is 6.07 Å². The molecule has 0 aliphatic heterocycles. The first-order chi connectivity index (χ1) is 11.7. The van der Waals surface area contributed by atoms with Crippen molar-refractivity contribution >= 4 is 32.9 Å². The van der Waals surface area contributed by atoms with E-state index in [0.717, 1.165) is 35.1 Å². The van der Waals surface area contributed by atoms with Crippen LogP contribution in [-0.2, 0) is 10.4 Å². The average molecular weight is 362 g/mol. The van der Waals surface area contributed by atoms with Gasteiger partial charge in [0.2, 0.25) is 0 Å². The number of allylic oxidation sites excluding steroid dienone is 2. The first kappa shape index (κ1) is 18.8. The third-order valence-electron chi connectivity index (χ3n) is 3.86. The minimum atomic E-state index is -4.61. The largest absolute Gasteiger partial charge is 0.446 e. The lowest BCUT2D eigenvalue weighted by atomic mass is 9.91. The highest BCUT2D eigenvalue weighted by Crippen LogP contribution is 2.35. The molecule has 0 saturated carbocycles. The molecular weight excluding hydrogens is 340 g/mol. The first-order valence-electron chi connectivity index (χ1n) is 7.89. The van der Waals surface area contributed by atoms with Crippen LogP contribution in [0.5, 0.6) is 5.75 Å². The maximum absolute atomic E-state index is 10.9. The monoisotopic (exact) mass is 362 g/mol. The second-order valence-electron chi connectivity index (χ2n) is 5.55. The van der Waals surface area contributed by atoms with E-state index in [-0.39, 0.29) is 11.4 Å². The molecule has 5 N–H and O–H groups in total. The molecule has 0 spiro atoms. The summed E-state index contributed by atoms with van der Waals surface area (Å²) in [5.41, 5.74) is 16.7. The van der Waals surface area contributed by atoms with Gasteiger partial charge in [-0.15, -0.1) is 0 Å². The van der Waals surface area contributed by atoms with Crippen LogP contribution in [-0.4, -0.2) is 13.0 Å². The molecule has 6 nitrogen and oxygen atoms in total. The van der Waals surface area contributed by atoms with Crippen LogP contribution in [0.2, 0.25) is 0 Å². The van der Waals surface area contributed by atoms with Gasteiger partial charge in [-0.25, -0.2) is 0 Å². The van der Waals surface area contributed by atoms with E-state index in [0.29, 0.717) is 5.69 Å². The number of nitrogen functional groups attached to an aromatic ring is 2. The normalized spacial score (nSPS) is 12.6. The molecule has 2 aromatic carbocycles. The van der Waals surface area contributed by atoms with E-state index in [9.17, 15) is 8.42 Å². The zero-order chi connectivity index (χ0) is 18.6. The summed E-state index contributed by atoms with van der Waals surface area (Å²) in [7, 11) is -4.61. The summed E-state index contributed by atoms with van der Waals surface area (Å²) in [4.78, 5) is 0. The molecule has 134 valence electrons. The van der Waals surface area contributed by atoms with E-state index >= 15 is 0 Å². The predicted octanol–water partition coefficient (Wildman–Crippen LogP) is 3.76. The predicted molar refractivity (Wildman–Crippen MR) is 101 cm³/mol. The lowest BCUT2D eigenvalue weighted by Gasteiger charge is -2.16. The number of hydrogen-bond donors (Lipinski definition) is 3. The van der Waals surface area contributed by atoms with Crippen molar-refractivity contribution in [3.63, 3.8) is 0 Å². The van der Waals surface area contributed by atoms with Crippen LogP contribution in [0.25, 0.3) is 11.1 Å². The lowest BCUT2D eigenvalue weighted by molar-refractivity contribution is 0.387. The van der Waals surface area contributed by atoms with Crippen LogP contribution in [0, 0.1) is 0 Å². The van der Waals surface area contributed by atoms with Gasteiger partial charge in [-0.3, -0.25) is 4.55 Å². The molecule has 25 heavy (non-hydrogen) atoms. The van der Waals surface area contributed by atoms with Gasteiger partial charge in [0.15, 0.2) is 5.75 Å². The number of hydrogen-bond acceptors (Lipinski definition) is 5. The molecule has 7 heteroatoms. The molecule has 0 aromatic heterocycles. The highest BCUT2D eigenvalue weighted by atomic mass is 32.3. The Morgan fingerprint density at radius 2 is 1.60 bits per heavy atom. The van der Waals surface area contributed by atoms with Gasteiger partial charge in [-0.05, 0) is 59.4 Å².